The van der Waals surface area contributed by atoms with Crippen molar-refractivity contribution in [2.24, 2.45) is 5.73 Å². The van der Waals surface area contributed by atoms with E-state index in [0.717, 1.165) is 30.7 Å². The molecule has 1 atom stereocenters. The van der Waals surface area contributed by atoms with Gasteiger partial charge in [-0.3, -0.25) is 4.79 Å². The van der Waals surface area contributed by atoms with Crippen LogP contribution in [0.4, 0.5) is 5.69 Å². The second kappa shape index (κ2) is 8.53. The molecule has 0 saturated carbocycles. The van der Waals surface area contributed by atoms with Crippen LogP contribution in [0, 0.1) is 0 Å². The third-order valence-electron chi connectivity index (χ3n) is 2.67. The predicted octanol–water partition coefficient (Wildman–Crippen LogP) is 2.93. The van der Waals surface area contributed by atoms with Crippen LogP contribution < -0.4 is 15.8 Å². The maximum absolute atomic E-state index is 11.7. The molecule has 1 amide bonds. The zero-order valence-corrected chi connectivity index (χ0v) is 11.8. The first kappa shape index (κ1) is 15.5. The average molecular weight is 264 g/mol. The fourth-order valence-corrected chi connectivity index (χ4v) is 1.66. The van der Waals surface area contributed by atoms with E-state index in [-0.39, 0.29) is 11.9 Å². The largest absolute Gasteiger partial charge is 0.494 e. The van der Waals surface area contributed by atoms with Crippen LogP contribution >= 0.6 is 0 Å². The summed E-state index contributed by atoms with van der Waals surface area (Å²) in [6, 6.07) is 7.60. The maximum Gasteiger partial charge on any atom is 0.224 e. The zero-order chi connectivity index (χ0) is 14.1. The molecule has 0 aliphatic carbocycles. The van der Waals surface area contributed by atoms with Crippen LogP contribution in [-0.2, 0) is 4.79 Å². The number of nitrogens with one attached hydrogen (secondary N) is 1. The smallest absolute Gasteiger partial charge is 0.224 e. The van der Waals surface area contributed by atoms with Crippen LogP contribution in [0.15, 0.2) is 24.3 Å². The summed E-state index contributed by atoms with van der Waals surface area (Å²) < 4.78 is 5.48. The Kier molecular flexibility index (Phi) is 6.97. The van der Waals surface area contributed by atoms with Crippen LogP contribution in [0.2, 0.25) is 0 Å². The summed E-state index contributed by atoms with van der Waals surface area (Å²) >= 11 is 0. The van der Waals surface area contributed by atoms with E-state index in [1.807, 2.05) is 31.2 Å². The topological polar surface area (TPSA) is 64.3 Å². The molecule has 0 heterocycles. The summed E-state index contributed by atoms with van der Waals surface area (Å²) in [6.07, 6.45) is 3.19. The number of ether oxygens (including phenoxy) is 1. The SMILES string of the molecule is CCCOc1ccc(NC(=O)CCCC(C)N)cc1. The van der Waals surface area contributed by atoms with E-state index in [1.54, 1.807) is 0 Å². The van der Waals surface area contributed by atoms with E-state index in [4.69, 9.17) is 10.5 Å². The van der Waals surface area contributed by atoms with Gasteiger partial charge < -0.3 is 15.8 Å². The predicted molar refractivity (Wildman–Crippen MR) is 78.4 cm³/mol. The molecule has 0 aliphatic rings. The number of carbonyl (C=O) groups is 1. The Bertz CT molecular complexity index is 374. The van der Waals surface area contributed by atoms with Gasteiger partial charge in [0.25, 0.3) is 0 Å². The van der Waals surface area contributed by atoms with Crippen molar-refractivity contribution in [1.82, 2.24) is 0 Å². The quantitative estimate of drug-likeness (QED) is 0.758. The first-order valence-electron chi connectivity index (χ1n) is 6.90. The number of anilines is 1. The summed E-state index contributed by atoms with van der Waals surface area (Å²) in [5.74, 6) is 0.861. The first-order chi connectivity index (χ1) is 9.11. The standard InChI is InChI=1S/C15H24N2O2/c1-3-11-19-14-9-7-13(8-10-14)17-15(18)6-4-5-12(2)16/h7-10,12H,3-6,11,16H2,1-2H3,(H,17,18). The van der Waals surface area contributed by atoms with Crippen LogP contribution in [0.1, 0.15) is 39.5 Å². The van der Waals surface area contributed by atoms with Gasteiger partial charge in [-0.2, -0.15) is 0 Å². The number of hydrogen-bond acceptors (Lipinski definition) is 3. The molecule has 1 aromatic carbocycles. The Morgan fingerprint density at radius 1 is 1.37 bits per heavy atom. The normalized spacial score (nSPS) is 11.9. The minimum absolute atomic E-state index is 0.0304. The molecular formula is C15H24N2O2. The van der Waals surface area contributed by atoms with Gasteiger partial charge in [-0.15, -0.1) is 0 Å². The van der Waals surface area contributed by atoms with E-state index in [9.17, 15) is 4.79 Å². The second-order valence-electron chi connectivity index (χ2n) is 4.79. The minimum atomic E-state index is 0.0304. The molecule has 4 nitrogen and oxygen atoms in total. The van der Waals surface area contributed by atoms with E-state index in [2.05, 4.69) is 12.2 Å². The Balaban J connectivity index is 2.33. The number of benzene rings is 1. The summed E-state index contributed by atoms with van der Waals surface area (Å²) in [6.45, 7) is 4.73. The lowest BCUT2D eigenvalue weighted by molar-refractivity contribution is -0.116. The van der Waals surface area contributed by atoms with Gasteiger partial charge in [0.05, 0.1) is 6.61 Å². The molecule has 0 aromatic heterocycles. The molecule has 0 spiro atoms. The van der Waals surface area contributed by atoms with Crippen LogP contribution in [0.5, 0.6) is 5.75 Å². The van der Waals surface area contributed by atoms with E-state index >= 15 is 0 Å². The van der Waals surface area contributed by atoms with Crippen molar-refractivity contribution in [1.29, 1.82) is 0 Å². The van der Waals surface area contributed by atoms with E-state index in [1.165, 1.54) is 0 Å². The molecule has 19 heavy (non-hydrogen) atoms. The van der Waals surface area contributed by atoms with Crippen molar-refractivity contribution in [2.75, 3.05) is 11.9 Å². The number of hydrogen-bond donors (Lipinski definition) is 2. The lowest BCUT2D eigenvalue weighted by atomic mass is 10.1. The van der Waals surface area contributed by atoms with Crippen LogP contribution in [0.3, 0.4) is 0 Å². The highest BCUT2D eigenvalue weighted by atomic mass is 16.5. The molecule has 1 rings (SSSR count). The fraction of sp³-hybridized carbons (Fsp3) is 0.533. The Morgan fingerprint density at radius 3 is 2.63 bits per heavy atom. The Morgan fingerprint density at radius 2 is 2.05 bits per heavy atom. The summed E-state index contributed by atoms with van der Waals surface area (Å²) in [5, 5.41) is 2.86. The molecule has 0 fully saturated rings. The third-order valence-corrected chi connectivity index (χ3v) is 2.67. The molecule has 0 saturated heterocycles. The first-order valence-corrected chi connectivity index (χ1v) is 6.90. The Labute approximate surface area is 115 Å². The van der Waals surface area contributed by atoms with Gasteiger partial charge in [0.2, 0.25) is 5.91 Å². The monoisotopic (exact) mass is 264 g/mol. The summed E-state index contributed by atoms with van der Waals surface area (Å²) in [7, 11) is 0. The third kappa shape index (κ3) is 6.82. The van der Waals surface area contributed by atoms with Gasteiger partial charge in [0.15, 0.2) is 0 Å². The summed E-state index contributed by atoms with van der Waals surface area (Å²) in [4.78, 5) is 11.7. The minimum Gasteiger partial charge on any atom is -0.494 e. The zero-order valence-electron chi connectivity index (χ0n) is 11.8. The Hall–Kier alpha value is -1.55. The highest BCUT2D eigenvalue weighted by Gasteiger charge is 2.03. The molecule has 1 unspecified atom stereocenters. The van der Waals surface area contributed by atoms with Gasteiger partial charge in [-0.05, 0) is 50.5 Å². The molecular weight excluding hydrogens is 240 g/mol. The molecule has 4 heteroatoms. The molecule has 0 radical (unpaired) electrons. The lowest BCUT2D eigenvalue weighted by Gasteiger charge is -2.08. The van der Waals surface area contributed by atoms with Crippen molar-refractivity contribution in [3.05, 3.63) is 24.3 Å². The fourth-order valence-electron chi connectivity index (χ4n) is 1.66. The highest BCUT2D eigenvalue weighted by molar-refractivity contribution is 5.90. The number of nitrogens with two attached hydrogens (primary N) is 1. The van der Waals surface area contributed by atoms with E-state index in [0.29, 0.717) is 13.0 Å². The van der Waals surface area contributed by atoms with Crippen LogP contribution in [0.25, 0.3) is 0 Å². The van der Waals surface area contributed by atoms with Gasteiger partial charge >= 0.3 is 0 Å². The van der Waals surface area contributed by atoms with Crippen molar-refractivity contribution >= 4 is 11.6 Å². The number of carbonyl (C=O) groups excluding carboxylic acids is 1. The number of amides is 1. The lowest BCUT2D eigenvalue weighted by Crippen LogP contribution is -2.16. The maximum atomic E-state index is 11.7. The van der Waals surface area contributed by atoms with Gasteiger partial charge in [0, 0.05) is 18.2 Å². The second-order valence-corrected chi connectivity index (χ2v) is 4.79. The van der Waals surface area contributed by atoms with Crippen molar-refractivity contribution < 1.29 is 9.53 Å². The van der Waals surface area contributed by atoms with Crippen molar-refractivity contribution in [3.63, 3.8) is 0 Å². The number of rotatable bonds is 8. The molecule has 0 aliphatic heterocycles. The van der Waals surface area contributed by atoms with Crippen LogP contribution in [-0.4, -0.2) is 18.6 Å². The van der Waals surface area contributed by atoms with E-state index < -0.39 is 0 Å². The molecule has 3 N–H and O–H groups in total. The molecule has 1 aromatic rings. The van der Waals surface area contributed by atoms with Crippen molar-refractivity contribution in [2.45, 2.75) is 45.6 Å². The van der Waals surface area contributed by atoms with Crippen molar-refractivity contribution in [3.8, 4) is 5.75 Å². The van der Waals surface area contributed by atoms with Gasteiger partial charge in [0.1, 0.15) is 5.75 Å². The van der Waals surface area contributed by atoms with Gasteiger partial charge in [-0.25, -0.2) is 0 Å². The highest BCUT2D eigenvalue weighted by Crippen LogP contribution is 2.16. The average Bonchev–Trinajstić information content (AvgIpc) is 2.37. The summed E-state index contributed by atoms with van der Waals surface area (Å²) in [5.41, 5.74) is 6.44. The molecule has 106 valence electrons. The van der Waals surface area contributed by atoms with Gasteiger partial charge in [-0.1, -0.05) is 6.92 Å². The molecule has 0 bridgehead atoms.